The third kappa shape index (κ3) is 4.98. The number of nitrogens with one attached hydrogen (secondary N) is 1. The van der Waals surface area contributed by atoms with Gasteiger partial charge in [-0.1, -0.05) is 12.1 Å². The summed E-state index contributed by atoms with van der Waals surface area (Å²) in [5, 5.41) is 20.8. The van der Waals surface area contributed by atoms with E-state index >= 15 is 0 Å². The van der Waals surface area contributed by atoms with Crippen molar-refractivity contribution < 1.29 is 14.5 Å². The van der Waals surface area contributed by atoms with Gasteiger partial charge in [0.25, 0.3) is 5.91 Å². The van der Waals surface area contributed by atoms with Crippen molar-refractivity contribution >= 4 is 34.0 Å². The summed E-state index contributed by atoms with van der Waals surface area (Å²) in [6, 6.07) is 7.21. The third-order valence-corrected chi connectivity index (χ3v) is 6.94. The van der Waals surface area contributed by atoms with E-state index in [9.17, 15) is 19.7 Å². The number of amides is 2. The van der Waals surface area contributed by atoms with Gasteiger partial charge in [0.05, 0.1) is 17.2 Å². The second-order valence-corrected chi connectivity index (χ2v) is 9.34. The highest BCUT2D eigenvalue weighted by molar-refractivity contribution is 7.13. The molecular formula is C23H26N6O4S. The van der Waals surface area contributed by atoms with Gasteiger partial charge in [-0.05, 0) is 51.3 Å². The van der Waals surface area contributed by atoms with Gasteiger partial charge in [-0.15, -0.1) is 11.3 Å². The molecule has 10 nitrogen and oxygen atoms in total. The van der Waals surface area contributed by atoms with E-state index in [4.69, 9.17) is 0 Å². The maximum atomic E-state index is 12.9. The Bertz CT molecular complexity index is 1220. The number of nitro groups is 1. The number of rotatable bonds is 6. The molecule has 0 aliphatic carbocycles. The molecule has 0 radical (unpaired) electrons. The van der Waals surface area contributed by atoms with Gasteiger partial charge >= 0.3 is 5.69 Å². The van der Waals surface area contributed by atoms with Crippen LogP contribution in [0, 0.1) is 36.8 Å². The summed E-state index contributed by atoms with van der Waals surface area (Å²) in [6.07, 6.45) is 1.22. The first-order valence-corrected chi connectivity index (χ1v) is 11.9. The van der Waals surface area contributed by atoms with E-state index in [0.717, 1.165) is 11.3 Å². The number of carbonyl (C=O) groups excluding carboxylic acids is 2. The fraction of sp³-hybridized carbons (Fsp3) is 0.391. The number of nitrogens with zero attached hydrogens (tertiary/aromatic N) is 5. The molecule has 2 amide bonds. The molecule has 11 heteroatoms. The highest BCUT2D eigenvalue weighted by Gasteiger charge is 2.28. The quantitative estimate of drug-likeness (QED) is 0.422. The number of thiazole rings is 1. The lowest BCUT2D eigenvalue weighted by Gasteiger charge is -2.31. The minimum Gasteiger partial charge on any atom is -0.339 e. The van der Waals surface area contributed by atoms with Crippen LogP contribution in [-0.2, 0) is 11.3 Å². The fourth-order valence-corrected chi connectivity index (χ4v) is 4.87. The first kappa shape index (κ1) is 23.6. The van der Waals surface area contributed by atoms with Crippen LogP contribution >= 0.6 is 11.3 Å². The van der Waals surface area contributed by atoms with Crippen LogP contribution in [0.2, 0.25) is 0 Å². The highest BCUT2D eigenvalue weighted by Crippen LogP contribution is 2.24. The summed E-state index contributed by atoms with van der Waals surface area (Å²) in [5.41, 5.74) is 3.26. The minimum atomic E-state index is -0.414. The van der Waals surface area contributed by atoms with Crippen LogP contribution < -0.4 is 5.32 Å². The molecule has 178 valence electrons. The van der Waals surface area contributed by atoms with E-state index in [2.05, 4.69) is 15.4 Å². The average Bonchev–Trinajstić information content (AvgIpc) is 3.35. The Morgan fingerprint density at radius 3 is 2.41 bits per heavy atom. The zero-order valence-corrected chi connectivity index (χ0v) is 20.1. The van der Waals surface area contributed by atoms with Crippen LogP contribution in [0.5, 0.6) is 0 Å². The van der Waals surface area contributed by atoms with Gasteiger partial charge in [-0.3, -0.25) is 24.4 Å². The third-order valence-electron chi connectivity index (χ3n) is 6.06. The van der Waals surface area contributed by atoms with Crippen molar-refractivity contribution in [3.05, 3.63) is 68.0 Å². The van der Waals surface area contributed by atoms with E-state index in [0.29, 0.717) is 54.6 Å². The van der Waals surface area contributed by atoms with E-state index in [1.165, 1.54) is 11.3 Å². The normalized spacial score (nSPS) is 14.3. The Hall–Kier alpha value is -3.60. The van der Waals surface area contributed by atoms with Gasteiger partial charge in [-0.2, -0.15) is 5.10 Å². The van der Waals surface area contributed by atoms with E-state index in [1.807, 2.05) is 24.4 Å². The van der Waals surface area contributed by atoms with Crippen molar-refractivity contribution in [3.63, 3.8) is 0 Å². The van der Waals surface area contributed by atoms with Gasteiger partial charge < -0.3 is 10.2 Å². The zero-order chi connectivity index (χ0) is 24.4. The molecule has 0 bridgehead atoms. The maximum Gasteiger partial charge on any atom is 0.312 e. The number of benzene rings is 1. The topological polar surface area (TPSA) is 123 Å². The Kier molecular flexibility index (Phi) is 6.73. The predicted molar refractivity (Wildman–Crippen MR) is 128 cm³/mol. The first-order chi connectivity index (χ1) is 16.2. The van der Waals surface area contributed by atoms with Gasteiger partial charge in [0.1, 0.15) is 11.4 Å². The van der Waals surface area contributed by atoms with Crippen molar-refractivity contribution in [2.75, 3.05) is 18.4 Å². The largest absolute Gasteiger partial charge is 0.339 e. The molecule has 3 heterocycles. The molecule has 4 rings (SSSR count). The average molecular weight is 483 g/mol. The fourth-order valence-electron chi connectivity index (χ4n) is 4.18. The Morgan fingerprint density at radius 2 is 1.85 bits per heavy atom. The number of aryl methyl sites for hydroxylation is 2. The van der Waals surface area contributed by atoms with E-state index in [-0.39, 0.29) is 23.4 Å². The summed E-state index contributed by atoms with van der Waals surface area (Å²) >= 11 is 1.41. The van der Waals surface area contributed by atoms with Crippen LogP contribution in [0.3, 0.4) is 0 Å². The van der Waals surface area contributed by atoms with Crippen molar-refractivity contribution in [2.45, 2.75) is 40.2 Å². The molecule has 2 aromatic heterocycles. The molecule has 1 saturated heterocycles. The standard InChI is InChI=1S/C23H26N6O4S/c1-14-13-34-23(24-14)25-21(30)18-8-10-27(11-9-18)22(31)19-6-4-17(5-7-19)12-28-16(3)20(29(32)33)15(2)26-28/h4-7,13,18H,8-12H2,1-3H3,(H,24,25,30). The molecule has 3 aromatic rings. The molecule has 1 aliphatic heterocycles. The molecule has 0 unspecified atom stereocenters. The van der Waals surface area contributed by atoms with Crippen molar-refractivity contribution in [2.24, 2.45) is 5.92 Å². The number of carbonyl (C=O) groups is 2. The van der Waals surface area contributed by atoms with Crippen molar-refractivity contribution in [1.82, 2.24) is 19.7 Å². The van der Waals surface area contributed by atoms with Crippen molar-refractivity contribution in [3.8, 4) is 0 Å². The zero-order valence-electron chi connectivity index (χ0n) is 19.3. The monoisotopic (exact) mass is 482 g/mol. The lowest BCUT2D eigenvalue weighted by Crippen LogP contribution is -2.41. The number of hydrogen-bond donors (Lipinski definition) is 1. The van der Waals surface area contributed by atoms with Gasteiger partial charge in [0.2, 0.25) is 5.91 Å². The SMILES string of the molecule is Cc1csc(NC(=O)C2CCN(C(=O)c3ccc(Cn4nc(C)c([N+](=O)[O-])c4C)cc3)CC2)n1. The number of anilines is 1. The van der Waals surface area contributed by atoms with Crippen LogP contribution in [0.1, 0.15) is 45.8 Å². The summed E-state index contributed by atoms with van der Waals surface area (Å²) in [6.45, 7) is 6.60. The molecule has 34 heavy (non-hydrogen) atoms. The number of aromatic nitrogens is 3. The van der Waals surface area contributed by atoms with Gasteiger partial charge in [-0.25, -0.2) is 4.98 Å². The molecule has 0 atom stereocenters. The molecular weight excluding hydrogens is 456 g/mol. The van der Waals surface area contributed by atoms with Gasteiger partial charge in [0.15, 0.2) is 5.13 Å². The molecule has 0 spiro atoms. The van der Waals surface area contributed by atoms with E-state index < -0.39 is 4.92 Å². The van der Waals surface area contributed by atoms with E-state index in [1.54, 1.807) is 35.6 Å². The molecule has 1 aromatic carbocycles. The number of hydrogen-bond acceptors (Lipinski definition) is 7. The Morgan fingerprint density at radius 1 is 1.18 bits per heavy atom. The van der Waals surface area contributed by atoms with Crippen LogP contribution in [0.25, 0.3) is 0 Å². The lowest BCUT2D eigenvalue weighted by atomic mass is 9.95. The second-order valence-electron chi connectivity index (χ2n) is 8.48. The number of piperidine rings is 1. The van der Waals surface area contributed by atoms with Crippen LogP contribution in [-0.4, -0.2) is 49.5 Å². The Balaban J connectivity index is 1.33. The minimum absolute atomic E-state index is 0.0330. The number of likely N-dealkylation sites (tertiary alicyclic amines) is 1. The second kappa shape index (κ2) is 9.72. The van der Waals surface area contributed by atoms with Gasteiger partial charge in [0, 0.05) is 30.0 Å². The van der Waals surface area contributed by atoms with Crippen LogP contribution in [0.4, 0.5) is 10.8 Å². The highest BCUT2D eigenvalue weighted by atomic mass is 32.1. The molecule has 1 N–H and O–H groups in total. The summed E-state index contributed by atoms with van der Waals surface area (Å²) in [7, 11) is 0. The summed E-state index contributed by atoms with van der Waals surface area (Å²) in [4.78, 5) is 42.3. The maximum absolute atomic E-state index is 12.9. The molecule has 1 aliphatic rings. The summed E-state index contributed by atoms with van der Waals surface area (Å²) < 4.78 is 1.60. The van der Waals surface area contributed by atoms with Crippen molar-refractivity contribution in [1.29, 1.82) is 0 Å². The summed E-state index contributed by atoms with van der Waals surface area (Å²) in [5.74, 6) is -0.252. The smallest absolute Gasteiger partial charge is 0.312 e. The lowest BCUT2D eigenvalue weighted by molar-refractivity contribution is -0.386. The Labute approximate surface area is 200 Å². The molecule has 0 saturated carbocycles. The first-order valence-electron chi connectivity index (χ1n) is 11.0. The van der Waals surface area contributed by atoms with Crippen LogP contribution in [0.15, 0.2) is 29.6 Å². The predicted octanol–water partition coefficient (Wildman–Crippen LogP) is 3.71. The molecule has 1 fully saturated rings.